The third-order valence-corrected chi connectivity index (χ3v) is 5.01. The summed E-state index contributed by atoms with van der Waals surface area (Å²) in [6, 6.07) is 12.0. The van der Waals surface area contributed by atoms with Crippen LogP contribution in [-0.4, -0.2) is 19.1 Å². The smallest absolute Gasteiger partial charge is 0.271 e. The zero-order chi connectivity index (χ0) is 14.9. The lowest BCUT2D eigenvalue weighted by atomic mass is 10.2. The van der Waals surface area contributed by atoms with Gasteiger partial charge in [-0.1, -0.05) is 34.8 Å². The first kappa shape index (κ1) is 13.3. The van der Waals surface area contributed by atoms with Crippen molar-refractivity contribution in [2.75, 3.05) is 0 Å². The second-order valence-corrected chi connectivity index (χ2v) is 6.43. The van der Waals surface area contributed by atoms with Gasteiger partial charge < -0.3 is 0 Å². The number of hydrogen-bond acceptors (Lipinski definition) is 6. The van der Waals surface area contributed by atoms with Gasteiger partial charge in [-0.2, -0.15) is 0 Å². The minimum Gasteiger partial charge on any atom is -0.292 e. The molecule has 0 spiro atoms. The van der Waals surface area contributed by atoms with Crippen molar-refractivity contribution in [2.45, 2.75) is 6.54 Å². The summed E-state index contributed by atoms with van der Waals surface area (Å²) in [5.74, 6) is 0. The van der Waals surface area contributed by atoms with E-state index < -0.39 is 0 Å². The Morgan fingerprint density at radius 1 is 1.18 bits per heavy atom. The summed E-state index contributed by atoms with van der Waals surface area (Å²) in [4.78, 5) is 18.0. The van der Waals surface area contributed by atoms with E-state index in [2.05, 4.69) is 14.6 Å². The van der Waals surface area contributed by atoms with E-state index in [0.717, 1.165) is 21.7 Å². The predicted molar refractivity (Wildman–Crippen MR) is 88.3 cm³/mol. The van der Waals surface area contributed by atoms with Crippen LogP contribution in [0, 0.1) is 0 Å². The Bertz CT molecular complexity index is 974. The van der Waals surface area contributed by atoms with Gasteiger partial charge in [0, 0.05) is 10.3 Å². The third kappa shape index (κ3) is 2.34. The molecule has 7 heteroatoms. The molecule has 0 bridgehead atoms. The minimum absolute atomic E-state index is 0.0369. The van der Waals surface area contributed by atoms with Gasteiger partial charge in [0.15, 0.2) is 0 Å². The number of nitrogens with zero attached hydrogens (tertiary/aromatic N) is 4. The molecule has 0 saturated carbocycles. The van der Waals surface area contributed by atoms with E-state index in [9.17, 15) is 4.79 Å². The van der Waals surface area contributed by atoms with Crippen LogP contribution in [0.25, 0.3) is 20.7 Å². The summed E-state index contributed by atoms with van der Waals surface area (Å²) in [7, 11) is 0. The zero-order valence-corrected chi connectivity index (χ0v) is 13.0. The van der Waals surface area contributed by atoms with Crippen molar-refractivity contribution in [1.29, 1.82) is 0 Å². The van der Waals surface area contributed by atoms with E-state index in [1.807, 2.05) is 41.8 Å². The molecule has 0 atom stereocenters. The summed E-state index contributed by atoms with van der Waals surface area (Å²) in [5.41, 5.74) is 2.57. The quantitative estimate of drug-likeness (QED) is 0.580. The molecular weight excluding hydrogens is 316 g/mol. The maximum absolute atomic E-state index is 12.6. The lowest BCUT2D eigenvalue weighted by Gasteiger charge is -2.01. The Labute approximate surface area is 133 Å². The SMILES string of the molecule is O=c1c2sc(-c3ccccc3)cc2ncn1Cc1csnn1. The molecule has 0 fully saturated rings. The molecule has 0 aliphatic carbocycles. The topological polar surface area (TPSA) is 60.7 Å². The van der Waals surface area contributed by atoms with Gasteiger partial charge in [-0.15, -0.1) is 16.4 Å². The Balaban J connectivity index is 1.80. The monoisotopic (exact) mass is 326 g/mol. The molecule has 0 radical (unpaired) electrons. The van der Waals surface area contributed by atoms with Crippen molar-refractivity contribution in [2.24, 2.45) is 0 Å². The van der Waals surface area contributed by atoms with E-state index in [4.69, 9.17) is 0 Å². The van der Waals surface area contributed by atoms with Crippen molar-refractivity contribution in [3.05, 3.63) is 64.2 Å². The van der Waals surface area contributed by atoms with Crippen molar-refractivity contribution >= 4 is 33.1 Å². The van der Waals surface area contributed by atoms with Gasteiger partial charge in [0.1, 0.15) is 4.70 Å². The van der Waals surface area contributed by atoms with Gasteiger partial charge in [0.25, 0.3) is 5.56 Å². The van der Waals surface area contributed by atoms with Gasteiger partial charge in [-0.05, 0) is 23.2 Å². The highest BCUT2D eigenvalue weighted by Gasteiger charge is 2.11. The molecule has 0 saturated heterocycles. The fourth-order valence-corrected chi connectivity index (χ4v) is 3.74. The van der Waals surface area contributed by atoms with E-state index in [1.54, 1.807) is 10.9 Å². The molecule has 0 N–H and O–H groups in total. The summed E-state index contributed by atoms with van der Waals surface area (Å²) in [6.45, 7) is 0.400. The molecule has 5 nitrogen and oxygen atoms in total. The van der Waals surface area contributed by atoms with Crippen LogP contribution in [0.1, 0.15) is 5.69 Å². The Morgan fingerprint density at radius 2 is 2.05 bits per heavy atom. The number of benzene rings is 1. The summed E-state index contributed by atoms with van der Waals surface area (Å²) in [5, 5.41) is 5.80. The van der Waals surface area contributed by atoms with Crippen LogP contribution in [0.2, 0.25) is 0 Å². The van der Waals surface area contributed by atoms with E-state index >= 15 is 0 Å². The fourth-order valence-electron chi connectivity index (χ4n) is 2.23. The normalized spacial score (nSPS) is 11.1. The molecule has 3 aromatic heterocycles. The maximum atomic E-state index is 12.6. The van der Waals surface area contributed by atoms with Crippen LogP contribution in [-0.2, 0) is 6.54 Å². The molecule has 4 aromatic rings. The number of hydrogen-bond donors (Lipinski definition) is 0. The van der Waals surface area contributed by atoms with Crippen LogP contribution >= 0.6 is 22.9 Å². The number of rotatable bonds is 3. The van der Waals surface area contributed by atoms with Crippen LogP contribution in [0.4, 0.5) is 0 Å². The first-order valence-electron chi connectivity index (χ1n) is 6.61. The molecule has 22 heavy (non-hydrogen) atoms. The Kier molecular flexibility index (Phi) is 3.28. The third-order valence-electron chi connectivity index (χ3n) is 3.30. The average molecular weight is 326 g/mol. The van der Waals surface area contributed by atoms with E-state index in [0.29, 0.717) is 11.2 Å². The molecule has 0 amide bonds. The molecule has 1 aromatic carbocycles. The molecule has 4 rings (SSSR count). The van der Waals surface area contributed by atoms with Crippen LogP contribution in [0.5, 0.6) is 0 Å². The van der Waals surface area contributed by atoms with Gasteiger partial charge in [-0.3, -0.25) is 9.36 Å². The lowest BCUT2D eigenvalue weighted by molar-refractivity contribution is 0.727. The Hall–Kier alpha value is -2.38. The molecule has 0 aliphatic rings. The second kappa shape index (κ2) is 5.43. The van der Waals surface area contributed by atoms with Crippen molar-refractivity contribution in [3.63, 3.8) is 0 Å². The van der Waals surface area contributed by atoms with Crippen LogP contribution < -0.4 is 5.56 Å². The standard InChI is InChI=1S/C15H10N4OS2/c20-15-14-12(6-13(22-14)10-4-2-1-3-5-10)16-9-19(15)7-11-8-21-18-17-11/h1-6,8-9H,7H2. The highest BCUT2D eigenvalue weighted by Crippen LogP contribution is 2.30. The zero-order valence-electron chi connectivity index (χ0n) is 11.3. The lowest BCUT2D eigenvalue weighted by Crippen LogP contribution is -2.20. The maximum Gasteiger partial charge on any atom is 0.271 e. The molecular formula is C15H10N4OS2. The van der Waals surface area contributed by atoms with Crippen LogP contribution in [0.3, 0.4) is 0 Å². The first-order chi connectivity index (χ1) is 10.8. The molecule has 0 unspecified atom stereocenters. The van der Waals surface area contributed by atoms with Gasteiger partial charge >= 0.3 is 0 Å². The summed E-state index contributed by atoms with van der Waals surface area (Å²) < 4.78 is 6.06. The number of thiophene rings is 1. The van der Waals surface area contributed by atoms with Gasteiger partial charge in [0.05, 0.1) is 24.1 Å². The summed E-state index contributed by atoms with van der Waals surface area (Å²) >= 11 is 2.75. The molecule has 3 heterocycles. The predicted octanol–water partition coefficient (Wildman–Crippen LogP) is 3.02. The van der Waals surface area contributed by atoms with Crippen LogP contribution in [0.15, 0.2) is 52.9 Å². The number of fused-ring (bicyclic) bond motifs is 1. The highest BCUT2D eigenvalue weighted by molar-refractivity contribution is 7.22. The first-order valence-corrected chi connectivity index (χ1v) is 8.27. The summed E-state index contributed by atoms with van der Waals surface area (Å²) in [6.07, 6.45) is 1.57. The number of aromatic nitrogens is 4. The fraction of sp³-hybridized carbons (Fsp3) is 0.0667. The minimum atomic E-state index is -0.0369. The van der Waals surface area contributed by atoms with Gasteiger partial charge in [0.2, 0.25) is 0 Å². The average Bonchev–Trinajstić information content (AvgIpc) is 3.21. The van der Waals surface area contributed by atoms with Gasteiger partial charge in [-0.25, -0.2) is 4.98 Å². The van der Waals surface area contributed by atoms with E-state index in [-0.39, 0.29) is 5.56 Å². The van der Waals surface area contributed by atoms with Crippen molar-refractivity contribution < 1.29 is 0 Å². The molecule has 108 valence electrons. The second-order valence-electron chi connectivity index (χ2n) is 4.76. The Morgan fingerprint density at radius 3 is 2.82 bits per heavy atom. The van der Waals surface area contributed by atoms with Crippen molar-refractivity contribution in [1.82, 2.24) is 19.1 Å². The largest absolute Gasteiger partial charge is 0.292 e. The highest BCUT2D eigenvalue weighted by atomic mass is 32.1. The van der Waals surface area contributed by atoms with E-state index in [1.165, 1.54) is 22.9 Å². The molecule has 0 aliphatic heterocycles. The van der Waals surface area contributed by atoms with Crippen molar-refractivity contribution in [3.8, 4) is 10.4 Å².